The molecule has 2 N–H and O–H groups in total. The smallest absolute Gasteiger partial charge is 0.0708 e. The Morgan fingerprint density at radius 3 is 2.50 bits per heavy atom. The molecule has 2 heterocycles. The van der Waals surface area contributed by atoms with E-state index in [2.05, 4.69) is 5.32 Å². The van der Waals surface area contributed by atoms with Crippen molar-refractivity contribution < 1.29 is 5.11 Å². The first-order valence-electron chi connectivity index (χ1n) is 3.30. The largest absolute Gasteiger partial charge is 0.391 e. The number of rotatable bonds is 0. The Bertz CT molecular complexity index is 103. The highest BCUT2D eigenvalue weighted by Gasteiger charge is 2.37. The van der Waals surface area contributed by atoms with Gasteiger partial charge in [-0.25, -0.2) is 0 Å². The third-order valence-corrected chi connectivity index (χ3v) is 2.27. The Morgan fingerprint density at radius 1 is 1.38 bits per heavy atom. The van der Waals surface area contributed by atoms with Gasteiger partial charge in [-0.1, -0.05) is 0 Å². The number of aliphatic hydroxyl groups is 1. The van der Waals surface area contributed by atoms with E-state index in [1.54, 1.807) is 0 Å². The molecule has 0 aromatic rings. The van der Waals surface area contributed by atoms with Crippen LogP contribution in [0.25, 0.3) is 0 Å². The van der Waals surface area contributed by atoms with Crippen LogP contribution in [-0.4, -0.2) is 23.3 Å². The highest BCUT2D eigenvalue weighted by atomic mass is 16.3. The van der Waals surface area contributed by atoms with Crippen LogP contribution in [-0.2, 0) is 0 Å². The molecule has 2 saturated heterocycles. The first-order valence-corrected chi connectivity index (χ1v) is 3.30. The highest BCUT2D eigenvalue weighted by molar-refractivity contribution is 4.97. The van der Waals surface area contributed by atoms with E-state index in [9.17, 15) is 0 Å². The molecule has 0 aromatic carbocycles. The van der Waals surface area contributed by atoms with Crippen molar-refractivity contribution >= 4 is 0 Å². The van der Waals surface area contributed by atoms with Crippen LogP contribution in [0.2, 0.25) is 0 Å². The van der Waals surface area contributed by atoms with Crippen LogP contribution in [0.3, 0.4) is 0 Å². The second kappa shape index (κ2) is 1.45. The molecular weight excluding hydrogens is 102 g/mol. The van der Waals surface area contributed by atoms with E-state index in [-0.39, 0.29) is 6.10 Å². The molecule has 2 aliphatic heterocycles. The molecule has 0 radical (unpaired) electrons. The van der Waals surface area contributed by atoms with Crippen LogP contribution in [0.15, 0.2) is 0 Å². The van der Waals surface area contributed by atoms with Gasteiger partial charge in [0.1, 0.15) is 0 Å². The van der Waals surface area contributed by atoms with E-state index in [1.807, 2.05) is 0 Å². The van der Waals surface area contributed by atoms with Gasteiger partial charge in [0.15, 0.2) is 0 Å². The summed E-state index contributed by atoms with van der Waals surface area (Å²) < 4.78 is 0. The van der Waals surface area contributed by atoms with Crippen molar-refractivity contribution in [3.63, 3.8) is 0 Å². The number of aliphatic hydroxyl groups excluding tert-OH is 1. The molecule has 3 atom stereocenters. The van der Waals surface area contributed by atoms with Gasteiger partial charge in [-0.2, -0.15) is 0 Å². The fourth-order valence-electron chi connectivity index (χ4n) is 1.80. The van der Waals surface area contributed by atoms with Gasteiger partial charge in [-0.15, -0.1) is 0 Å². The minimum atomic E-state index is -0.0336. The van der Waals surface area contributed by atoms with E-state index in [1.165, 1.54) is 12.8 Å². The van der Waals surface area contributed by atoms with Crippen molar-refractivity contribution in [2.45, 2.75) is 37.5 Å². The molecule has 0 aromatic heterocycles. The summed E-state index contributed by atoms with van der Waals surface area (Å²) in [6, 6.07) is 1.09. The summed E-state index contributed by atoms with van der Waals surface area (Å²) in [4.78, 5) is 0. The number of hydrogen-bond donors (Lipinski definition) is 2. The first-order chi connectivity index (χ1) is 3.86. The molecule has 0 spiro atoms. The molecule has 2 rings (SSSR count). The summed E-state index contributed by atoms with van der Waals surface area (Å²) in [5.41, 5.74) is 0. The minimum Gasteiger partial charge on any atom is -0.391 e. The monoisotopic (exact) mass is 113 g/mol. The maximum Gasteiger partial charge on any atom is 0.0708 e. The number of nitrogens with one attached hydrogen (secondary N) is 1. The highest BCUT2D eigenvalue weighted by Crippen LogP contribution is 2.27. The van der Waals surface area contributed by atoms with Crippen LogP contribution in [0, 0.1) is 0 Å². The van der Waals surface area contributed by atoms with E-state index in [0.29, 0.717) is 12.1 Å². The lowest BCUT2D eigenvalue weighted by atomic mass is 9.98. The maximum atomic E-state index is 9.16. The van der Waals surface area contributed by atoms with E-state index in [0.717, 1.165) is 6.42 Å². The van der Waals surface area contributed by atoms with Gasteiger partial charge in [0.25, 0.3) is 0 Å². The molecule has 0 amide bonds. The summed E-state index contributed by atoms with van der Waals surface area (Å²) >= 11 is 0. The zero-order chi connectivity index (χ0) is 5.56. The zero-order valence-corrected chi connectivity index (χ0v) is 4.80. The number of fused-ring (bicyclic) bond motifs is 2. The predicted molar refractivity (Wildman–Crippen MR) is 30.6 cm³/mol. The third kappa shape index (κ3) is 0.501. The maximum absolute atomic E-state index is 9.16. The normalized spacial score (nSPS) is 52.9. The van der Waals surface area contributed by atoms with E-state index >= 15 is 0 Å². The predicted octanol–water partition coefficient (Wildman–Crippen LogP) is -0.128. The minimum absolute atomic E-state index is 0.0336. The van der Waals surface area contributed by atoms with Gasteiger partial charge in [0.2, 0.25) is 0 Å². The summed E-state index contributed by atoms with van der Waals surface area (Å²) in [6.45, 7) is 0. The van der Waals surface area contributed by atoms with Gasteiger partial charge in [0, 0.05) is 12.1 Å². The second-order valence-electron chi connectivity index (χ2n) is 2.85. The average Bonchev–Trinajstić information content (AvgIpc) is 2.23. The Hall–Kier alpha value is -0.0800. The van der Waals surface area contributed by atoms with Gasteiger partial charge in [-0.3, -0.25) is 0 Å². The Labute approximate surface area is 48.9 Å². The lowest BCUT2D eigenvalue weighted by Gasteiger charge is -2.12. The molecule has 0 saturated carbocycles. The summed E-state index contributed by atoms with van der Waals surface area (Å²) in [7, 11) is 0. The van der Waals surface area contributed by atoms with Crippen LogP contribution >= 0.6 is 0 Å². The second-order valence-corrected chi connectivity index (χ2v) is 2.85. The fourth-order valence-corrected chi connectivity index (χ4v) is 1.80. The summed E-state index contributed by atoms with van der Waals surface area (Å²) in [5.74, 6) is 0. The van der Waals surface area contributed by atoms with E-state index < -0.39 is 0 Å². The molecular formula is C6H11NO. The molecule has 2 bridgehead atoms. The van der Waals surface area contributed by atoms with Crippen molar-refractivity contribution in [2.75, 3.05) is 0 Å². The molecule has 2 nitrogen and oxygen atoms in total. The van der Waals surface area contributed by atoms with Gasteiger partial charge < -0.3 is 10.4 Å². The van der Waals surface area contributed by atoms with Crippen molar-refractivity contribution in [1.29, 1.82) is 0 Å². The molecule has 8 heavy (non-hydrogen) atoms. The molecule has 2 heteroatoms. The standard InChI is InChI=1S/C6H11NO/c8-6-3-4-1-2-5(6)7-4/h4-8H,1-3H2/t4-,5+,6+/m1/s1. The Kier molecular flexibility index (Phi) is 0.866. The lowest BCUT2D eigenvalue weighted by Crippen LogP contribution is -2.26. The molecule has 0 unspecified atom stereocenters. The van der Waals surface area contributed by atoms with Crippen LogP contribution in [0.4, 0.5) is 0 Å². The Morgan fingerprint density at radius 2 is 2.25 bits per heavy atom. The summed E-state index contributed by atoms with van der Waals surface area (Å²) in [5, 5.41) is 12.5. The Balaban J connectivity index is 2.11. The van der Waals surface area contributed by atoms with Crippen LogP contribution in [0.1, 0.15) is 19.3 Å². The van der Waals surface area contributed by atoms with Crippen LogP contribution in [0.5, 0.6) is 0 Å². The molecule has 0 aliphatic carbocycles. The zero-order valence-electron chi connectivity index (χ0n) is 4.80. The third-order valence-electron chi connectivity index (χ3n) is 2.27. The average molecular weight is 113 g/mol. The quantitative estimate of drug-likeness (QED) is 0.458. The summed E-state index contributed by atoms with van der Waals surface area (Å²) in [6.07, 6.45) is 3.42. The fraction of sp³-hybridized carbons (Fsp3) is 1.00. The van der Waals surface area contributed by atoms with Gasteiger partial charge in [0.05, 0.1) is 6.10 Å². The van der Waals surface area contributed by atoms with Crippen molar-refractivity contribution in [3.05, 3.63) is 0 Å². The lowest BCUT2D eigenvalue weighted by molar-refractivity contribution is 0.145. The van der Waals surface area contributed by atoms with E-state index in [4.69, 9.17) is 5.11 Å². The van der Waals surface area contributed by atoms with Crippen molar-refractivity contribution in [1.82, 2.24) is 5.32 Å². The first kappa shape index (κ1) is 4.77. The SMILES string of the molecule is O[C@H]1C[C@H]2CC[C@@H]1N2. The molecule has 2 fully saturated rings. The van der Waals surface area contributed by atoms with Gasteiger partial charge >= 0.3 is 0 Å². The van der Waals surface area contributed by atoms with Crippen molar-refractivity contribution in [2.24, 2.45) is 0 Å². The molecule has 2 aliphatic rings. The van der Waals surface area contributed by atoms with Crippen molar-refractivity contribution in [3.8, 4) is 0 Å². The van der Waals surface area contributed by atoms with Gasteiger partial charge in [-0.05, 0) is 19.3 Å². The topological polar surface area (TPSA) is 32.3 Å². The molecule has 46 valence electrons. The van der Waals surface area contributed by atoms with Crippen LogP contribution < -0.4 is 5.32 Å². The number of hydrogen-bond acceptors (Lipinski definition) is 2.